The van der Waals surface area contributed by atoms with E-state index in [1.54, 1.807) is 20.0 Å². The van der Waals surface area contributed by atoms with Crippen LogP contribution >= 0.6 is 0 Å². The van der Waals surface area contributed by atoms with Gasteiger partial charge in [0.2, 0.25) is 0 Å². The van der Waals surface area contributed by atoms with E-state index in [1.807, 2.05) is 19.9 Å². The Balaban J connectivity index is 2.96. The molecule has 0 saturated heterocycles. The first-order valence-corrected chi connectivity index (χ1v) is 5.29. The second kappa shape index (κ2) is 5.07. The van der Waals surface area contributed by atoms with Crippen LogP contribution in [-0.4, -0.2) is 40.6 Å². The molecule has 1 atom stereocenters. The van der Waals surface area contributed by atoms with Gasteiger partial charge in [0.05, 0.1) is 23.9 Å². The lowest BCUT2D eigenvalue weighted by molar-refractivity contribution is 0.0681. The quantitative estimate of drug-likeness (QED) is 0.834. The molecule has 0 aromatic carbocycles. The zero-order valence-electron chi connectivity index (χ0n) is 10.2. The lowest BCUT2D eigenvalue weighted by Crippen LogP contribution is -2.37. The molecule has 1 aromatic rings. The molecule has 1 heterocycles. The average molecular weight is 222 g/mol. The average Bonchev–Trinajstić information content (AvgIpc) is 2.26. The summed E-state index contributed by atoms with van der Waals surface area (Å²) in [6.45, 7) is 5.47. The predicted octanol–water partition coefficient (Wildman–Crippen LogP) is 1.15. The largest absolute Gasteiger partial charge is 0.394 e. The van der Waals surface area contributed by atoms with Gasteiger partial charge in [-0.05, 0) is 32.9 Å². The maximum absolute atomic E-state index is 12.1. The summed E-state index contributed by atoms with van der Waals surface area (Å²) in [5.41, 5.74) is 2.21. The number of amides is 1. The van der Waals surface area contributed by atoms with Gasteiger partial charge in [0.15, 0.2) is 0 Å². The van der Waals surface area contributed by atoms with Crippen molar-refractivity contribution in [1.29, 1.82) is 0 Å². The third kappa shape index (κ3) is 2.58. The highest BCUT2D eigenvalue weighted by Crippen LogP contribution is 2.10. The van der Waals surface area contributed by atoms with Crippen molar-refractivity contribution in [2.24, 2.45) is 0 Å². The summed E-state index contributed by atoms with van der Waals surface area (Å²) in [4.78, 5) is 17.8. The van der Waals surface area contributed by atoms with Crippen molar-refractivity contribution < 1.29 is 9.90 Å². The lowest BCUT2D eigenvalue weighted by Gasteiger charge is -2.23. The maximum atomic E-state index is 12.1. The molecule has 0 saturated carbocycles. The van der Waals surface area contributed by atoms with Crippen molar-refractivity contribution in [3.63, 3.8) is 0 Å². The minimum atomic E-state index is -0.187. The zero-order valence-corrected chi connectivity index (χ0v) is 10.2. The summed E-state index contributed by atoms with van der Waals surface area (Å²) in [5, 5.41) is 9.00. The minimum absolute atomic E-state index is 0.0411. The lowest BCUT2D eigenvalue weighted by atomic mass is 10.1. The number of rotatable bonds is 3. The van der Waals surface area contributed by atoms with E-state index in [4.69, 9.17) is 5.11 Å². The predicted molar refractivity (Wildman–Crippen MR) is 62.4 cm³/mol. The van der Waals surface area contributed by atoms with Crippen LogP contribution in [0.2, 0.25) is 0 Å². The van der Waals surface area contributed by atoms with E-state index in [0.717, 1.165) is 11.4 Å². The molecular formula is C12H18N2O2. The molecule has 0 radical (unpaired) electrons. The molecule has 0 spiro atoms. The number of pyridine rings is 1. The third-order valence-corrected chi connectivity index (χ3v) is 2.70. The Hall–Kier alpha value is -1.42. The van der Waals surface area contributed by atoms with Crippen LogP contribution in [0.25, 0.3) is 0 Å². The van der Waals surface area contributed by atoms with Gasteiger partial charge in [0.25, 0.3) is 5.91 Å². The van der Waals surface area contributed by atoms with E-state index < -0.39 is 0 Å². The summed E-state index contributed by atoms with van der Waals surface area (Å²) < 4.78 is 0. The second-order valence-electron chi connectivity index (χ2n) is 4.03. The number of carbonyl (C=O) groups excluding carboxylic acids is 1. The topological polar surface area (TPSA) is 53.4 Å². The van der Waals surface area contributed by atoms with Gasteiger partial charge in [0.1, 0.15) is 0 Å². The van der Waals surface area contributed by atoms with Crippen LogP contribution in [0.15, 0.2) is 12.1 Å². The Morgan fingerprint density at radius 1 is 1.50 bits per heavy atom. The standard InChI is InChI=1S/C12H18N2O2/c1-8-5-6-11(10(3)13-8)12(16)14(4)9(2)7-15/h5-6,9,15H,7H2,1-4H3. The van der Waals surface area contributed by atoms with E-state index in [-0.39, 0.29) is 18.6 Å². The highest BCUT2D eigenvalue weighted by molar-refractivity contribution is 5.95. The summed E-state index contributed by atoms with van der Waals surface area (Å²) in [6, 6.07) is 3.41. The van der Waals surface area contributed by atoms with Crippen LogP contribution in [0, 0.1) is 13.8 Å². The molecule has 1 amide bonds. The monoisotopic (exact) mass is 222 g/mol. The highest BCUT2D eigenvalue weighted by atomic mass is 16.3. The number of hydrogen-bond donors (Lipinski definition) is 1. The molecule has 1 rings (SSSR count). The number of aryl methyl sites for hydroxylation is 2. The van der Waals surface area contributed by atoms with E-state index in [0.29, 0.717) is 5.56 Å². The molecule has 4 nitrogen and oxygen atoms in total. The number of aliphatic hydroxyl groups excluding tert-OH is 1. The van der Waals surface area contributed by atoms with Crippen LogP contribution in [0.4, 0.5) is 0 Å². The smallest absolute Gasteiger partial charge is 0.255 e. The first kappa shape index (κ1) is 12.6. The zero-order chi connectivity index (χ0) is 12.3. The number of likely N-dealkylation sites (N-methyl/N-ethyl adjacent to an activating group) is 1. The Morgan fingerprint density at radius 3 is 2.62 bits per heavy atom. The normalized spacial score (nSPS) is 12.3. The molecule has 0 bridgehead atoms. The van der Waals surface area contributed by atoms with Crippen molar-refractivity contribution in [3.8, 4) is 0 Å². The first-order valence-electron chi connectivity index (χ1n) is 5.29. The van der Waals surface area contributed by atoms with Crippen LogP contribution < -0.4 is 0 Å². The van der Waals surface area contributed by atoms with Gasteiger partial charge in [-0.3, -0.25) is 9.78 Å². The summed E-state index contributed by atoms with van der Waals surface area (Å²) in [7, 11) is 1.68. The van der Waals surface area contributed by atoms with E-state index in [2.05, 4.69) is 4.98 Å². The summed E-state index contributed by atoms with van der Waals surface area (Å²) in [5.74, 6) is -0.105. The van der Waals surface area contributed by atoms with Gasteiger partial charge in [-0.2, -0.15) is 0 Å². The summed E-state index contributed by atoms with van der Waals surface area (Å²) >= 11 is 0. The number of aromatic nitrogens is 1. The van der Waals surface area contributed by atoms with Crippen molar-refractivity contribution >= 4 is 5.91 Å². The number of aliphatic hydroxyl groups is 1. The van der Waals surface area contributed by atoms with Crippen molar-refractivity contribution in [2.75, 3.05) is 13.7 Å². The molecular weight excluding hydrogens is 204 g/mol. The number of hydrogen-bond acceptors (Lipinski definition) is 3. The molecule has 88 valence electrons. The molecule has 1 aromatic heterocycles. The fraction of sp³-hybridized carbons (Fsp3) is 0.500. The first-order chi connectivity index (χ1) is 7.47. The van der Waals surface area contributed by atoms with Crippen molar-refractivity contribution in [2.45, 2.75) is 26.8 Å². The Kier molecular flexibility index (Phi) is 4.01. The summed E-state index contributed by atoms with van der Waals surface area (Å²) in [6.07, 6.45) is 0. The number of carbonyl (C=O) groups is 1. The Morgan fingerprint density at radius 2 is 2.12 bits per heavy atom. The van der Waals surface area contributed by atoms with Gasteiger partial charge < -0.3 is 10.0 Å². The molecule has 0 fully saturated rings. The van der Waals surface area contributed by atoms with Gasteiger partial charge >= 0.3 is 0 Å². The highest BCUT2D eigenvalue weighted by Gasteiger charge is 2.18. The van der Waals surface area contributed by atoms with Crippen LogP contribution in [-0.2, 0) is 0 Å². The molecule has 0 aliphatic rings. The van der Waals surface area contributed by atoms with Crippen LogP contribution in [0.1, 0.15) is 28.7 Å². The number of nitrogens with zero attached hydrogens (tertiary/aromatic N) is 2. The van der Waals surface area contributed by atoms with Gasteiger partial charge in [-0.1, -0.05) is 0 Å². The van der Waals surface area contributed by atoms with Gasteiger partial charge in [-0.25, -0.2) is 0 Å². The molecule has 0 aliphatic heterocycles. The van der Waals surface area contributed by atoms with Crippen LogP contribution in [0.5, 0.6) is 0 Å². The van der Waals surface area contributed by atoms with Crippen molar-refractivity contribution in [3.05, 3.63) is 29.1 Å². The second-order valence-corrected chi connectivity index (χ2v) is 4.03. The van der Waals surface area contributed by atoms with Crippen molar-refractivity contribution in [1.82, 2.24) is 9.88 Å². The fourth-order valence-electron chi connectivity index (χ4n) is 1.43. The maximum Gasteiger partial charge on any atom is 0.255 e. The van der Waals surface area contributed by atoms with Gasteiger partial charge in [0, 0.05) is 12.7 Å². The Bertz CT molecular complexity index is 391. The van der Waals surface area contributed by atoms with E-state index in [1.165, 1.54) is 4.90 Å². The molecule has 0 aliphatic carbocycles. The van der Waals surface area contributed by atoms with Crippen LogP contribution in [0.3, 0.4) is 0 Å². The molecule has 4 heteroatoms. The molecule has 1 unspecified atom stereocenters. The minimum Gasteiger partial charge on any atom is -0.394 e. The van der Waals surface area contributed by atoms with Gasteiger partial charge in [-0.15, -0.1) is 0 Å². The van der Waals surface area contributed by atoms with E-state index in [9.17, 15) is 4.79 Å². The Labute approximate surface area is 95.9 Å². The van der Waals surface area contributed by atoms with E-state index >= 15 is 0 Å². The SMILES string of the molecule is Cc1ccc(C(=O)N(C)C(C)CO)c(C)n1. The third-order valence-electron chi connectivity index (χ3n) is 2.70. The fourth-order valence-corrected chi connectivity index (χ4v) is 1.43. The molecule has 16 heavy (non-hydrogen) atoms. The molecule has 1 N–H and O–H groups in total.